The summed E-state index contributed by atoms with van der Waals surface area (Å²) in [5.74, 6) is 1.90. The third kappa shape index (κ3) is 7.04. The van der Waals surface area contributed by atoms with Gasteiger partial charge < -0.3 is 29.3 Å². The quantitative estimate of drug-likeness (QED) is 0.225. The molecule has 1 unspecified atom stereocenters. The Morgan fingerprint density at radius 1 is 0.786 bits per heavy atom. The molecule has 9 rings (SSSR count). The first-order valence-electron chi connectivity index (χ1n) is 20.0. The van der Waals surface area contributed by atoms with E-state index in [0.717, 1.165) is 74.1 Å². The Hall–Kier alpha value is -5.55. The number of anilines is 2. The van der Waals surface area contributed by atoms with E-state index in [9.17, 15) is 19.5 Å². The molecule has 4 aromatic rings. The normalized spacial score (nSPS) is 23.1. The molecule has 11 heteroatoms. The number of fused-ring (bicyclic) bond motifs is 2. The summed E-state index contributed by atoms with van der Waals surface area (Å²) in [7, 11) is 1.68. The number of piperazine rings is 1. The van der Waals surface area contributed by atoms with E-state index in [4.69, 9.17) is 9.47 Å². The molecule has 5 heterocycles. The van der Waals surface area contributed by atoms with Crippen LogP contribution in [0.2, 0.25) is 0 Å². The van der Waals surface area contributed by atoms with E-state index in [1.807, 2.05) is 30.3 Å². The van der Waals surface area contributed by atoms with Gasteiger partial charge in [-0.3, -0.25) is 24.6 Å². The number of imide groups is 1. The molecule has 5 aliphatic heterocycles. The second-order valence-corrected chi connectivity index (χ2v) is 15.9. The number of carbonyl (C=O) groups excluding carboxylic acids is 3. The Morgan fingerprint density at radius 3 is 2.23 bits per heavy atom. The maximum absolute atomic E-state index is 13.2. The van der Waals surface area contributed by atoms with Crippen LogP contribution in [0, 0.1) is 5.92 Å². The lowest BCUT2D eigenvalue weighted by molar-refractivity contribution is -0.136. The number of carbonyl (C=O) groups is 3. The van der Waals surface area contributed by atoms with Crippen molar-refractivity contribution in [3.63, 3.8) is 0 Å². The second kappa shape index (κ2) is 15.2. The van der Waals surface area contributed by atoms with E-state index in [1.165, 1.54) is 29.7 Å². The molecule has 0 aliphatic carbocycles. The summed E-state index contributed by atoms with van der Waals surface area (Å²) >= 11 is 0. The van der Waals surface area contributed by atoms with E-state index < -0.39 is 6.04 Å². The first-order chi connectivity index (χ1) is 27.3. The third-order valence-corrected chi connectivity index (χ3v) is 12.7. The molecule has 0 saturated carbocycles. The van der Waals surface area contributed by atoms with Gasteiger partial charge in [-0.15, -0.1) is 0 Å². The minimum atomic E-state index is -0.593. The molecule has 56 heavy (non-hydrogen) atoms. The van der Waals surface area contributed by atoms with Gasteiger partial charge in [0.05, 0.1) is 13.7 Å². The SMILES string of the molecule is COc1ccc(C2COc3cc(O)ccc3[C@H]2c2ccc(N3CCC(CN4CCN(c5ccc6c(c5)CN([C@H]5CCC(=O)NC5=O)C6=O)CC4)CC3)cc2)cc1. The van der Waals surface area contributed by atoms with Gasteiger partial charge in [-0.05, 0) is 90.4 Å². The predicted octanol–water partition coefficient (Wildman–Crippen LogP) is 5.51. The topological polar surface area (TPSA) is 115 Å². The first-order valence-corrected chi connectivity index (χ1v) is 20.0. The fourth-order valence-corrected chi connectivity index (χ4v) is 9.53. The van der Waals surface area contributed by atoms with Crippen molar-refractivity contribution < 1.29 is 29.0 Å². The maximum Gasteiger partial charge on any atom is 0.255 e. The zero-order valence-electron chi connectivity index (χ0n) is 31.9. The van der Waals surface area contributed by atoms with Crippen molar-refractivity contribution in [1.29, 1.82) is 0 Å². The van der Waals surface area contributed by atoms with Crippen LogP contribution in [-0.2, 0) is 16.1 Å². The Kier molecular flexibility index (Phi) is 9.79. The van der Waals surface area contributed by atoms with Crippen molar-refractivity contribution in [2.24, 2.45) is 5.92 Å². The van der Waals surface area contributed by atoms with Gasteiger partial charge in [0.25, 0.3) is 5.91 Å². The molecule has 0 radical (unpaired) electrons. The number of phenols is 1. The minimum Gasteiger partial charge on any atom is -0.508 e. The molecule has 0 spiro atoms. The van der Waals surface area contributed by atoms with E-state index >= 15 is 0 Å². The molecule has 2 N–H and O–H groups in total. The molecule has 3 amide bonds. The van der Waals surface area contributed by atoms with Gasteiger partial charge >= 0.3 is 0 Å². The number of hydrogen-bond acceptors (Lipinski definition) is 9. The van der Waals surface area contributed by atoms with Crippen LogP contribution < -0.4 is 24.6 Å². The molecule has 0 bridgehead atoms. The van der Waals surface area contributed by atoms with Gasteiger partial charge in [0.1, 0.15) is 23.3 Å². The number of aromatic hydroxyl groups is 1. The van der Waals surface area contributed by atoms with Crippen molar-refractivity contribution in [3.05, 3.63) is 113 Å². The van der Waals surface area contributed by atoms with Crippen LogP contribution in [0.1, 0.15) is 70.1 Å². The van der Waals surface area contributed by atoms with E-state index in [1.54, 1.807) is 24.1 Å². The molecule has 0 aromatic heterocycles. The van der Waals surface area contributed by atoms with Crippen molar-refractivity contribution >= 4 is 29.1 Å². The summed E-state index contributed by atoms with van der Waals surface area (Å²) in [6.45, 7) is 8.02. The first kappa shape index (κ1) is 36.1. The number of rotatable bonds is 8. The molecule has 11 nitrogen and oxygen atoms in total. The highest BCUT2D eigenvalue weighted by Gasteiger charge is 2.39. The highest BCUT2D eigenvalue weighted by molar-refractivity contribution is 6.05. The summed E-state index contributed by atoms with van der Waals surface area (Å²) in [5, 5.41) is 12.6. The predicted molar refractivity (Wildman–Crippen MR) is 214 cm³/mol. The molecular weight excluding hydrogens is 707 g/mol. The fraction of sp³-hybridized carbons (Fsp3) is 0.400. The van der Waals surface area contributed by atoms with Crippen molar-refractivity contribution in [3.8, 4) is 17.2 Å². The lowest BCUT2D eigenvalue weighted by Gasteiger charge is -2.40. The van der Waals surface area contributed by atoms with Crippen LogP contribution >= 0.6 is 0 Å². The van der Waals surface area contributed by atoms with Crippen LogP contribution in [0.3, 0.4) is 0 Å². The Balaban J connectivity index is 0.785. The monoisotopic (exact) mass is 755 g/mol. The van der Waals surface area contributed by atoms with Crippen LogP contribution in [0.5, 0.6) is 17.2 Å². The number of piperidine rings is 2. The van der Waals surface area contributed by atoms with E-state index in [2.05, 4.69) is 62.5 Å². The van der Waals surface area contributed by atoms with Gasteiger partial charge in [0, 0.05) is 99.2 Å². The third-order valence-electron chi connectivity index (χ3n) is 12.7. The molecule has 3 atom stereocenters. The number of ether oxygens (including phenoxy) is 2. The van der Waals surface area contributed by atoms with Crippen LogP contribution in [-0.4, -0.2) is 98.2 Å². The van der Waals surface area contributed by atoms with Gasteiger partial charge in [0.2, 0.25) is 11.8 Å². The lowest BCUT2D eigenvalue weighted by Crippen LogP contribution is -2.52. The zero-order chi connectivity index (χ0) is 38.3. The van der Waals surface area contributed by atoms with Crippen molar-refractivity contribution in [2.45, 2.75) is 50.1 Å². The molecule has 290 valence electrons. The molecular formula is C45H49N5O6. The Morgan fingerprint density at radius 2 is 1.50 bits per heavy atom. The lowest BCUT2D eigenvalue weighted by atomic mass is 9.76. The summed E-state index contributed by atoms with van der Waals surface area (Å²) in [6.07, 6.45) is 2.97. The van der Waals surface area contributed by atoms with Crippen LogP contribution in [0.15, 0.2) is 84.9 Å². The van der Waals surface area contributed by atoms with Gasteiger partial charge in [-0.25, -0.2) is 0 Å². The van der Waals surface area contributed by atoms with Crippen molar-refractivity contribution in [2.75, 3.05) is 69.3 Å². The number of amides is 3. The molecule has 3 saturated heterocycles. The van der Waals surface area contributed by atoms with Crippen LogP contribution in [0.25, 0.3) is 0 Å². The van der Waals surface area contributed by atoms with Gasteiger partial charge in [-0.1, -0.05) is 30.3 Å². The van der Waals surface area contributed by atoms with Gasteiger partial charge in [-0.2, -0.15) is 0 Å². The average molecular weight is 756 g/mol. The summed E-state index contributed by atoms with van der Waals surface area (Å²) < 4.78 is 11.6. The van der Waals surface area contributed by atoms with Crippen molar-refractivity contribution in [1.82, 2.24) is 15.1 Å². The average Bonchev–Trinajstić information content (AvgIpc) is 3.55. The Bertz CT molecular complexity index is 2110. The number of benzene rings is 4. The second-order valence-electron chi connectivity index (χ2n) is 15.9. The fourth-order valence-electron chi connectivity index (χ4n) is 9.53. The number of methoxy groups -OCH3 is 1. The number of phenolic OH excluding ortho intramolecular Hbond substituents is 1. The minimum absolute atomic E-state index is 0.0928. The molecule has 4 aromatic carbocycles. The summed E-state index contributed by atoms with van der Waals surface area (Å²) in [5.41, 5.74) is 7.52. The highest BCUT2D eigenvalue weighted by atomic mass is 16.5. The van der Waals surface area contributed by atoms with Crippen LogP contribution in [0.4, 0.5) is 11.4 Å². The number of hydrogen-bond donors (Lipinski definition) is 2. The summed E-state index contributed by atoms with van der Waals surface area (Å²) in [4.78, 5) is 46.4. The smallest absolute Gasteiger partial charge is 0.255 e. The van der Waals surface area contributed by atoms with E-state index in [0.29, 0.717) is 31.1 Å². The van der Waals surface area contributed by atoms with E-state index in [-0.39, 0.29) is 41.7 Å². The number of nitrogens with one attached hydrogen (secondary N) is 1. The zero-order valence-corrected chi connectivity index (χ0v) is 31.9. The number of nitrogens with zero attached hydrogens (tertiary/aromatic N) is 4. The standard InChI is InChI=1S/C45H49N5O6/c1-55-36-10-4-30(5-11-36)39-28-56-41-25-35(51)9-13-38(41)43(39)31-2-6-33(7-3-31)48-18-16-29(17-19-48)26-47-20-22-49(23-21-47)34-8-12-37-32(24-34)27-50(45(37)54)40-14-15-42(52)46-44(40)53/h2-13,24-25,29,39-40,43,51H,14-23,26-28H2,1H3,(H,46,52,53)/t39?,40-,43+/m0/s1. The Labute approximate surface area is 327 Å². The van der Waals surface area contributed by atoms with Gasteiger partial charge in [0.15, 0.2) is 0 Å². The summed E-state index contributed by atoms with van der Waals surface area (Å²) in [6, 6.07) is 28.3. The molecule has 3 fully saturated rings. The largest absolute Gasteiger partial charge is 0.508 e. The molecule has 5 aliphatic rings. The highest BCUT2D eigenvalue weighted by Crippen LogP contribution is 2.47. The maximum atomic E-state index is 13.2.